The standard InChI is InChI=1S/C15H20ClNO4/c1-4-17(10-14(18)20-5-2)15(19)11(3)21-13-8-6-12(16)7-9-13/h6-9,11H,4-5,10H2,1-3H3. The van der Waals surface area contributed by atoms with Gasteiger partial charge in [-0.25, -0.2) is 0 Å². The van der Waals surface area contributed by atoms with Crippen LogP contribution < -0.4 is 4.74 Å². The lowest BCUT2D eigenvalue weighted by Gasteiger charge is -2.24. The lowest BCUT2D eigenvalue weighted by molar-refractivity contribution is -0.150. The van der Waals surface area contributed by atoms with Crippen molar-refractivity contribution in [2.24, 2.45) is 0 Å². The van der Waals surface area contributed by atoms with Crippen LogP contribution in [0.1, 0.15) is 20.8 Å². The predicted molar refractivity (Wildman–Crippen MR) is 80.4 cm³/mol. The summed E-state index contributed by atoms with van der Waals surface area (Å²) in [4.78, 5) is 25.1. The highest BCUT2D eigenvalue weighted by atomic mass is 35.5. The van der Waals surface area contributed by atoms with Gasteiger partial charge in [0, 0.05) is 11.6 Å². The molecule has 0 aliphatic rings. The fraction of sp³-hybridized carbons (Fsp3) is 0.467. The van der Waals surface area contributed by atoms with Crippen molar-refractivity contribution < 1.29 is 19.1 Å². The Balaban J connectivity index is 2.62. The third-order valence-electron chi connectivity index (χ3n) is 2.79. The van der Waals surface area contributed by atoms with Crippen LogP contribution in [-0.2, 0) is 14.3 Å². The van der Waals surface area contributed by atoms with Gasteiger partial charge in [-0.1, -0.05) is 11.6 Å². The number of likely N-dealkylation sites (N-methyl/N-ethyl adjacent to an activating group) is 1. The number of nitrogens with zero attached hydrogens (tertiary/aromatic N) is 1. The van der Waals surface area contributed by atoms with E-state index in [1.165, 1.54) is 4.90 Å². The number of hydrogen-bond donors (Lipinski definition) is 0. The monoisotopic (exact) mass is 313 g/mol. The molecule has 21 heavy (non-hydrogen) atoms. The van der Waals surface area contributed by atoms with E-state index in [0.717, 1.165) is 0 Å². The maximum absolute atomic E-state index is 12.3. The third-order valence-corrected chi connectivity index (χ3v) is 3.04. The summed E-state index contributed by atoms with van der Waals surface area (Å²) < 4.78 is 10.4. The first-order valence-electron chi connectivity index (χ1n) is 6.84. The molecular weight excluding hydrogens is 294 g/mol. The first kappa shape index (κ1) is 17.3. The summed E-state index contributed by atoms with van der Waals surface area (Å²) in [5.41, 5.74) is 0. The second-order valence-electron chi connectivity index (χ2n) is 4.37. The van der Waals surface area contributed by atoms with Gasteiger partial charge in [-0.05, 0) is 45.0 Å². The van der Waals surface area contributed by atoms with Crippen LogP contribution >= 0.6 is 11.6 Å². The Morgan fingerprint density at radius 3 is 2.38 bits per heavy atom. The van der Waals surface area contributed by atoms with Crippen molar-refractivity contribution in [1.29, 1.82) is 0 Å². The molecule has 116 valence electrons. The van der Waals surface area contributed by atoms with Crippen LogP contribution in [0.25, 0.3) is 0 Å². The van der Waals surface area contributed by atoms with Crippen molar-refractivity contribution in [3.05, 3.63) is 29.3 Å². The van der Waals surface area contributed by atoms with Gasteiger partial charge < -0.3 is 14.4 Å². The molecule has 0 aromatic heterocycles. The molecule has 0 heterocycles. The molecule has 6 heteroatoms. The van der Waals surface area contributed by atoms with Crippen LogP contribution in [0.2, 0.25) is 5.02 Å². The highest BCUT2D eigenvalue weighted by molar-refractivity contribution is 6.30. The van der Waals surface area contributed by atoms with Crippen LogP contribution in [0.4, 0.5) is 0 Å². The Kier molecular flexibility index (Phi) is 7.02. The molecule has 0 saturated carbocycles. The Bertz CT molecular complexity index is 475. The second kappa shape index (κ2) is 8.52. The fourth-order valence-electron chi connectivity index (χ4n) is 1.73. The van der Waals surface area contributed by atoms with Crippen LogP contribution in [0, 0.1) is 0 Å². The van der Waals surface area contributed by atoms with E-state index < -0.39 is 12.1 Å². The largest absolute Gasteiger partial charge is 0.481 e. The zero-order chi connectivity index (χ0) is 15.8. The Morgan fingerprint density at radius 2 is 1.86 bits per heavy atom. The van der Waals surface area contributed by atoms with Crippen LogP contribution in [-0.4, -0.2) is 42.6 Å². The van der Waals surface area contributed by atoms with E-state index in [1.807, 2.05) is 0 Å². The molecule has 0 N–H and O–H groups in total. The van der Waals surface area contributed by atoms with Gasteiger partial charge in [0.15, 0.2) is 6.10 Å². The van der Waals surface area contributed by atoms with Gasteiger partial charge in [0.2, 0.25) is 0 Å². The molecule has 5 nitrogen and oxygen atoms in total. The quantitative estimate of drug-likeness (QED) is 0.726. The van der Waals surface area contributed by atoms with Crippen molar-refractivity contribution in [2.75, 3.05) is 19.7 Å². The molecule has 0 fully saturated rings. The van der Waals surface area contributed by atoms with Gasteiger partial charge in [-0.2, -0.15) is 0 Å². The molecule has 1 rings (SSSR count). The minimum atomic E-state index is -0.694. The maximum Gasteiger partial charge on any atom is 0.325 e. The molecule has 1 aromatic carbocycles. The van der Waals surface area contributed by atoms with Gasteiger partial charge in [-0.3, -0.25) is 9.59 Å². The van der Waals surface area contributed by atoms with Crippen molar-refractivity contribution in [2.45, 2.75) is 26.9 Å². The summed E-state index contributed by atoms with van der Waals surface area (Å²) in [6, 6.07) is 6.75. The number of carbonyl (C=O) groups excluding carboxylic acids is 2. The van der Waals surface area contributed by atoms with Gasteiger partial charge in [-0.15, -0.1) is 0 Å². The molecule has 0 spiro atoms. The average Bonchev–Trinajstić information content (AvgIpc) is 2.46. The van der Waals surface area contributed by atoms with E-state index in [0.29, 0.717) is 23.9 Å². The van der Waals surface area contributed by atoms with Gasteiger partial charge >= 0.3 is 5.97 Å². The first-order chi connectivity index (χ1) is 9.97. The third kappa shape index (κ3) is 5.63. The van der Waals surface area contributed by atoms with E-state index >= 15 is 0 Å². The summed E-state index contributed by atoms with van der Waals surface area (Å²) in [6.07, 6.45) is -0.694. The van der Waals surface area contributed by atoms with Gasteiger partial charge in [0.25, 0.3) is 5.91 Å². The summed E-state index contributed by atoms with van der Waals surface area (Å²) in [5.74, 6) is -0.140. The number of benzene rings is 1. The van der Waals surface area contributed by atoms with E-state index in [4.69, 9.17) is 21.1 Å². The minimum absolute atomic E-state index is 0.0719. The molecule has 0 bridgehead atoms. The zero-order valence-electron chi connectivity index (χ0n) is 12.5. The minimum Gasteiger partial charge on any atom is -0.481 e. The first-order valence-corrected chi connectivity index (χ1v) is 7.22. The molecule has 1 atom stereocenters. The van der Waals surface area contributed by atoms with Crippen molar-refractivity contribution in [1.82, 2.24) is 4.90 Å². The number of carbonyl (C=O) groups is 2. The van der Waals surface area contributed by atoms with E-state index in [-0.39, 0.29) is 12.5 Å². The van der Waals surface area contributed by atoms with E-state index in [1.54, 1.807) is 45.0 Å². The lowest BCUT2D eigenvalue weighted by Crippen LogP contribution is -2.43. The summed E-state index contributed by atoms with van der Waals surface area (Å²) >= 11 is 5.79. The summed E-state index contributed by atoms with van der Waals surface area (Å²) in [5, 5.41) is 0.596. The van der Waals surface area contributed by atoms with Gasteiger partial charge in [0.05, 0.1) is 6.61 Å². The maximum atomic E-state index is 12.3. The Hall–Kier alpha value is -1.75. The van der Waals surface area contributed by atoms with Crippen LogP contribution in [0.15, 0.2) is 24.3 Å². The number of halogens is 1. The van der Waals surface area contributed by atoms with E-state index in [9.17, 15) is 9.59 Å². The molecular formula is C15H20ClNO4. The zero-order valence-corrected chi connectivity index (χ0v) is 13.2. The van der Waals surface area contributed by atoms with Crippen molar-refractivity contribution >= 4 is 23.5 Å². The number of ether oxygens (including phenoxy) is 2. The lowest BCUT2D eigenvalue weighted by atomic mass is 10.3. The number of amides is 1. The van der Waals surface area contributed by atoms with Crippen LogP contribution in [0.3, 0.4) is 0 Å². The van der Waals surface area contributed by atoms with Crippen LogP contribution in [0.5, 0.6) is 5.75 Å². The van der Waals surface area contributed by atoms with Gasteiger partial charge in [0.1, 0.15) is 12.3 Å². The number of esters is 1. The van der Waals surface area contributed by atoms with Crippen molar-refractivity contribution in [3.63, 3.8) is 0 Å². The number of hydrogen-bond acceptors (Lipinski definition) is 4. The summed E-state index contributed by atoms with van der Waals surface area (Å²) in [6.45, 7) is 5.80. The highest BCUT2D eigenvalue weighted by Gasteiger charge is 2.23. The molecule has 0 saturated heterocycles. The Labute approximate surface area is 129 Å². The molecule has 1 unspecified atom stereocenters. The SMILES string of the molecule is CCOC(=O)CN(CC)C(=O)C(C)Oc1ccc(Cl)cc1. The molecule has 1 aromatic rings. The average molecular weight is 314 g/mol. The topological polar surface area (TPSA) is 55.8 Å². The second-order valence-corrected chi connectivity index (χ2v) is 4.81. The molecule has 0 aliphatic carbocycles. The summed E-state index contributed by atoms with van der Waals surface area (Å²) in [7, 11) is 0. The molecule has 0 radical (unpaired) electrons. The predicted octanol–water partition coefficient (Wildman–Crippen LogP) is 2.52. The fourth-order valence-corrected chi connectivity index (χ4v) is 1.86. The normalized spacial score (nSPS) is 11.6. The van der Waals surface area contributed by atoms with Crippen molar-refractivity contribution in [3.8, 4) is 5.75 Å². The highest BCUT2D eigenvalue weighted by Crippen LogP contribution is 2.17. The van der Waals surface area contributed by atoms with E-state index in [2.05, 4.69) is 0 Å². The molecule has 1 amide bonds. The smallest absolute Gasteiger partial charge is 0.325 e. The molecule has 0 aliphatic heterocycles. The Morgan fingerprint density at radius 1 is 1.24 bits per heavy atom. The number of rotatable bonds is 7.